The summed E-state index contributed by atoms with van der Waals surface area (Å²) in [5.41, 5.74) is 0. The second kappa shape index (κ2) is 55.2. The normalized spacial score (nSPS) is 12.6. The van der Waals surface area contributed by atoms with Crippen LogP contribution in [0.2, 0.25) is 0 Å². The molecule has 0 radical (unpaired) electrons. The van der Waals surface area contributed by atoms with E-state index in [0.29, 0.717) is 19.4 Å². The Morgan fingerprint density at radius 3 is 1.05 bits per heavy atom. The number of nitrogens with one attached hydrogen (secondary N) is 1. The molecule has 0 heterocycles. The van der Waals surface area contributed by atoms with Crippen LogP contribution in [0.25, 0.3) is 0 Å². The number of hydrogen-bond acceptors (Lipinski definition) is 5. The Bertz CT molecular complexity index is 970. The third-order valence-electron chi connectivity index (χ3n) is 13.8. The molecule has 0 aromatic carbocycles. The van der Waals surface area contributed by atoms with Crippen molar-refractivity contribution in [2.45, 2.75) is 341 Å². The number of aliphatic hydroxyl groups excluding tert-OH is 2. The Kier molecular flexibility index (Phi) is 54.0. The first-order chi connectivity index (χ1) is 32.0. The number of hydrogen-bond donors (Lipinski definition) is 3. The number of esters is 1. The fraction of sp³-hybridized carbons (Fsp3) is 0.932. The number of carbonyl (C=O) groups excluding carboxylic acids is 2. The van der Waals surface area contributed by atoms with E-state index in [1.54, 1.807) is 6.08 Å². The molecule has 0 fully saturated rings. The molecule has 65 heavy (non-hydrogen) atoms. The lowest BCUT2D eigenvalue weighted by Gasteiger charge is -2.20. The van der Waals surface area contributed by atoms with Crippen LogP contribution in [-0.4, -0.2) is 47.4 Å². The van der Waals surface area contributed by atoms with Crippen LogP contribution in [0.15, 0.2) is 12.2 Å². The lowest BCUT2D eigenvalue weighted by molar-refractivity contribution is -0.143. The van der Waals surface area contributed by atoms with Crippen LogP contribution in [0.5, 0.6) is 0 Å². The van der Waals surface area contributed by atoms with E-state index < -0.39 is 12.1 Å². The average molecular weight is 919 g/mol. The maximum atomic E-state index is 12.4. The molecule has 0 bridgehead atoms. The van der Waals surface area contributed by atoms with Crippen LogP contribution < -0.4 is 5.32 Å². The summed E-state index contributed by atoms with van der Waals surface area (Å²) >= 11 is 0. The molecule has 6 nitrogen and oxygen atoms in total. The van der Waals surface area contributed by atoms with Crippen LogP contribution >= 0.6 is 0 Å². The predicted molar refractivity (Wildman–Crippen MR) is 283 cm³/mol. The van der Waals surface area contributed by atoms with Gasteiger partial charge in [0.25, 0.3) is 0 Å². The SMILES string of the molecule is CCCCCCCCCCCC/C=C/C(O)C(CO)NC(=O)CCCCCCCCCCCCCCCCCCCCCCCCOC(=O)CCCCCCCCCCCCCCCC. The molecule has 0 rings (SSSR count). The molecule has 2 atom stereocenters. The number of amides is 1. The number of allylic oxidation sites excluding steroid dienone is 1. The minimum absolute atomic E-state index is 0.0153. The second-order valence-electron chi connectivity index (χ2n) is 20.3. The van der Waals surface area contributed by atoms with Crippen LogP contribution in [0, 0.1) is 0 Å². The van der Waals surface area contributed by atoms with E-state index in [9.17, 15) is 19.8 Å². The fourth-order valence-electron chi connectivity index (χ4n) is 9.28. The molecule has 0 saturated heterocycles. The monoisotopic (exact) mass is 918 g/mol. The zero-order chi connectivity index (χ0) is 47.2. The van der Waals surface area contributed by atoms with Gasteiger partial charge in [-0.15, -0.1) is 0 Å². The molecule has 0 aliphatic rings. The molecule has 1 amide bonds. The van der Waals surface area contributed by atoms with Crippen LogP contribution in [0.3, 0.4) is 0 Å². The second-order valence-corrected chi connectivity index (χ2v) is 20.3. The van der Waals surface area contributed by atoms with Gasteiger partial charge in [0.2, 0.25) is 5.91 Å². The van der Waals surface area contributed by atoms with Crippen molar-refractivity contribution in [3.8, 4) is 0 Å². The molecule has 0 aromatic rings. The molecule has 0 aliphatic carbocycles. The van der Waals surface area contributed by atoms with Crippen LogP contribution in [-0.2, 0) is 14.3 Å². The van der Waals surface area contributed by atoms with E-state index in [1.165, 1.54) is 263 Å². The van der Waals surface area contributed by atoms with E-state index in [-0.39, 0.29) is 18.5 Å². The molecule has 0 saturated carbocycles. The van der Waals surface area contributed by atoms with Crippen molar-refractivity contribution in [2.75, 3.05) is 13.2 Å². The fourth-order valence-corrected chi connectivity index (χ4v) is 9.28. The van der Waals surface area contributed by atoms with Crippen molar-refractivity contribution < 1.29 is 24.5 Å². The lowest BCUT2D eigenvalue weighted by Crippen LogP contribution is -2.45. The van der Waals surface area contributed by atoms with Gasteiger partial charge in [0.15, 0.2) is 0 Å². The Balaban J connectivity index is 3.37. The van der Waals surface area contributed by atoms with Crippen LogP contribution in [0.1, 0.15) is 328 Å². The van der Waals surface area contributed by atoms with Gasteiger partial charge in [0, 0.05) is 12.8 Å². The Hall–Kier alpha value is -1.40. The third-order valence-corrected chi connectivity index (χ3v) is 13.8. The van der Waals surface area contributed by atoms with E-state index in [1.807, 2.05) is 6.08 Å². The highest BCUT2D eigenvalue weighted by Gasteiger charge is 2.18. The first-order valence-electron chi connectivity index (χ1n) is 29.5. The molecule has 0 aromatic heterocycles. The summed E-state index contributed by atoms with van der Waals surface area (Å²) in [4.78, 5) is 24.5. The van der Waals surface area contributed by atoms with Gasteiger partial charge in [-0.05, 0) is 32.1 Å². The van der Waals surface area contributed by atoms with E-state index in [2.05, 4.69) is 19.2 Å². The summed E-state index contributed by atoms with van der Waals surface area (Å²) in [5, 5.41) is 23.0. The number of ether oxygens (including phenoxy) is 1. The lowest BCUT2D eigenvalue weighted by atomic mass is 10.0. The first-order valence-corrected chi connectivity index (χ1v) is 29.5. The number of rotatable bonds is 55. The molecular formula is C59H115NO5. The molecule has 386 valence electrons. The minimum atomic E-state index is -0.842. The maximum absolute atomic E-state index is 12.4. The quantitative estimate of drug-likeness (QED) is 0.0321. The zero-order valence-electron chi connectivity index (χ0n) is 44.0. The predicted octanol–water partition coefficient (Wildman–Crippen LogP) is 18.1. The van der Waals surface area contributed by atoms with E-state index in [4.69, 9.17) is 4.74 Å². The largest absolute Gasteiger partial charge is 0.466 e. The molecular weight excluding hydrogens is 803 g/mol. The van der Waals surface area contributed by atoms with Gasteiger partial charge in [-0.25, -0.2) is 0 Å². The summed E-state index contributed by atoms with van der Waals surface area (Å²) in [7, 11) is 0. The summed E-state index contributed by atoms with van der Waals surface area (Å²) < 4.78 is 5.48. The summed E-state index contributed by atoms with van der Waals surface area (Å²) in [6.07, 6.45) is 65.3. The van der Waals surface area contributed by atoms with Crippen molar-refractivity contribution in [3.63, 3.8) is 0 Å². The Labute approximate surface area is 406 Å². The van der Waals surface area contributed by atoms with Crippen molar-refractivity contribution in [1.82, 2.24) is 5.32 Å². The Morgan fingerprint density at radius 2 is 0.708 bits per heavy atom. The van der Waals surface area contributed by atoms with Gasteiger partial charge in [-0.3, -0.25) is 9.59 Å². The standard InChI is InChI=1S/C59H115NO5/c1-3-5-7-9-11-13-15-17-29-33-37-41-45-49-53-59(64)65-54-50-46-42-38-34-30-27-25-23-21-19-18-20-22-24-26-28-32-36-40-44-48-52-58(63)60-56(55-61)57(62)51-47-43-39-35-31-16-14-12-10-8-6-4-2/h47,51,56-57,61-62H,3-46,48-50,52-55H2,1-2H3,(H,60,63)/b51-47+. The summed E-state index contributed by atoms with van der Waals surface area (Å²) in [5.74, 6) is -0.0522. The third kappa shape index (κ3) is 51.8. The smallest absolute Gasteiger partial charge is 0.305 e. The van der Waals surface area contributed by atoms with Gasteiger partial charge in [0.1, 0.15) is 0 Å². The molecule has 0 spiro atoms. The number of unbranched alkanes of at least 4 members (excludes halogenated alkanes) is 44. The molecule has 0 aliphatic heterocycles. The highest BCUT2D eigenvalue weighted by atomic mass is 16.5. The summed E-state index contributed by atoms with van der Waals surface area (Å²) in [6.45, 7) is 4.91. The molecule has 2 unspecified atom stereocenters. The number of aliphatic hydroxyl groups is 2. The minimum Gasteiger partial charge on any atom is -0.466 e. The van der Waals surface area contributed by atoms with Gasteiger partial charge in [0.05, 0.1) is 25.4 Å². The van der Waals surface area contributed by atoms with E-state index >= 15 is 0 Å². The van der Waals surface area contributed by atoms with Crippen molar-refractivity contribution in [2.24, 2.45) is 0 Å². The zero-order valence-corrected chi connectivity index (χ0v) is 44.0. The molecule has 3 N–H and O–H groups in total. The number of carbonyl (C=O) groups is 2. The average Bonchev–Trinajstić information content (AvgIpc) is 3.31. The van der Waals surface area contributed by atoms with Crippen LogP contribution in [0.4, 0.5) is 0 Å². The molecule has 6 heteroatoms. The van der Waals surface area contributed by atoms with Gasteiger partial charge < -0.3 is 20.3 Å². The van der Waals surface area contributed by atoms with Gasteiger partial charge in [-0.1, -0.05) is 296 Å². The van der Waals surface area contributed by atoms with Crippen molar-refractivity contribution >= 4 is 11.9 Å². The topological polar surface area (TPSA) is 95.9 Å². The highest BCUT2D eigenvalue weighted by Crippen LogP contribution is 2.18. The van der Waals surface area contributed by atoms with Crippen molar-refractivity contribution in [3.05, 3.63) is 12.2 Å². The highest BCUT2D eigenvalue weighted by molar-refractivity contribution is 5.76. The van der Waals surface area contributed by atoms with Gasteiger partial charge >= 0.3 is 5.97 Å². The maximum Gasteiger partial charge on any atom is 0.305 e. The van der Waals surface area contributed by atoms with Gasteiger partial charge in [-0.2, -0.15) is 0 Å². The first kappa shape index (κ1) is 63.6. The van der Waals surface area contributed by atoms with E-state index in [0.717, 1.165) is 38.5 Å². The summed E-state index contributed by atoms with van der Waals surface area (Å²) in [6, 6.07) is -0.626. The Morgan fingerprint density at radius 1 is 0.415 bits per heavy atom. The van der Waals surface area contributed by atoms with Crippen molar-refractivity contribution in [1.29, 1.82) is 0 Å².